The Morgan fingerprint density at radius 2 is 2.04 bits per heavy atom. The Hall–Kier alpha value is -2.25. The number of likely N-dealkylation sites (tertiary alicyclic amines) is 1. The maximum atomic E-state index is 13.1. The lowest BCUT2D eigenvalue weighted by Crippen LogP contribution is -2.52. The molecule has 0 spiro atoms. The van der Waals surface area contributed by atoms with Crippen molar-refractivity contribution in [2.75, 3.05) is 6.54 Å². The average molecular weight is 370 g/mol. The summed E-state index contributed by atoms with van der Waals surface area (Å²) in [7, 11) is 0. The normalized spacial score (nSPS) is 29.0. The molecule has 7 heteroatoms. The van der Waals surface area contributed by atoms with E-state index in [0.717, 1.165) is 36.1 Å². The van der Waals surface area contributed by atoms with Gasteiger partial charge in [-0.15, -0.1) is 0 Å². The van der Waals surface area contributed by atoms with Gasteiger partial charge in [-0.05, 0) is 37.3 Å². The third kappa shape index (κ3) is 3.37. The Morgan fingerprint density at radius 3 is 2.78 bits per heavy atom. The van der Waals surface area contributed by atoms with Gasteiger partial charge in [-0.1, -0.05) is 18.2 Å². The van der Waals surface area contributed by atoms with Crippen molar-refractivity contribution < 1.29 is 14.4 Å². The first-order valence-electron chi connectivity index (χ1n) is 9.69. The molecule has 3 aliphatic heterocycles. The van der Waals surface area contributed by atoms with Gasteiger partial charge in [-0.2, -0.15) is 0 Å². The topological polar surface area (TPSA) is 95.7 Å². The van der Waals surface area contributed by atoms with E-state index in [1.807, 2.05) is 18.2 Å². The first-order valence-corrected chi connectivity index (χ1v) is 9.69. The molecule has 7 nitrogen and oxygen atoms in total. The fourth-order valence-corrected chi connectivity index (χ4v) is 4.53. The van der Waals surface area contributed by atoms with Crippen molar-refractivity contribution in [3.05, 3.63) is 34.9 Å². The predicted octanol–water partition coefficient (Wildman–Crippen LogP) is 0.759. The van der Waals surface area contributed by atoms with Gasteiger partial charge < -0.3 is 10.6 Å². The number of nitrogens with one attached hydrogen (secondary N) is 1. The van der Waals surface area contributed by atoms with E-state index in [2.05, 4.69) is 17.1 Å². The zero-order valence-electron chi connectivity index (χ0n) is 15.6. The van der Waals surface area contributed by atoms with Gasteiger partial charge >= 0.3 is 0 Å². The summed E-state index contributed by atoms with van der Waals surface area (Å²) in [6, 6.07) is 6.01. The molecule has 0 aromatic heterocycles. The van der Waals surface area contributed by atoms with Crippen molar-refractivity contribution in [3.63, 3.8) is 0 Å². The monoisotopic (exact) mass is 370 g/mol. The smallest absolute Gasteiger partial charge is 0.255 e. The van der Waals surface area contributed by atoms with Gasteiger partial charge in [0.05, 0.1) is 0 Å². The van der Waals surface area contributed by atoms with E-state index in [0.29, 0.717) is 25.6 Å². The Balaban J connectivity index is 1.55. The Kier molecular flexibility index (Phi) is 4.74. The maximum absolute atomic E-state index is 13.1. The van der Waals surface area contributed by atoms with Crippen LogP contribution in [0.2, 0.25) is 0 Å². The van der Waals surface area contributed by atoms with Crippen LogP contribution in [0.1, 0.15) is 54.1 Å². The van der Waals surface area contributed by atoms with Crippen LogP contribution in [0.25, 0.3) is 0 Å². The van der Waals surface area contributed by atoms with Crippen molar-refractivity contribution >= 4 is 17.7 Å². The van der Waals surface area contributed by atoms with Crippen LogP contribution in [0.5, 0.6) is 0 Å². The van der Waals surface area contributed by atoms with Crippen LogP contribution in [-0.2, 0) is 22.7 Å². The van der Waals surface area contributed by atoms with E-state index in [4.69, 9.17) is 5.73 Å². The number of amides is 3. The van der Waals surface area contributed by atoms with E-state index in [-0.39, 0.29) is 30.2 Å². The van der Waals surface area contributed by atoms with Crippen LogP contribution in [0, 0.1) is 0 Å². The predicted molar refractivity (Wildman–Crippen MR) is 99.6 cm³/mol. The van der Waals surface area contributed by atoms with E-state index in [1.165, 1.54) is 0 Å². The molecule has 144 valence electrons. The molecule has 4 rings (SSSR count). The lowest BCUT2D eigenvalue weighted by atomic mass is 9.96. The van der Waals surface area contributed by atoms with E-state index in [1.54, 1.807) is 4.90 Å². The van der Waals surface area contributed by atoms with Crippen molar-refractivity contribution in [1.82, 2.24) is 15.1 Å². The SMILES string of the molecule is CC1CC(N)CCN1Cc1cccc2c1C(=O)N(C1CCC(=O)NC1=O)C2. The standard InChI is InChI=1S/C20H26N4O3/c1-12-9-15(21)7-8-23(12)10-13-3-2-4-14-11-24(20(27)18(13)14)16-5-6-17(25)22-19(16)26/h2-4,12,15-16H,5-11,21H2,1H3,(H,22,25,26). The lowest BCUT2D eigenvalue weighted by molar-refractivity contribution is -0.136. The van der Waals surface area contributed by atoms with Gasteiger partial charge in [-0.3, -0.25) is 24.6 Å². The Bertz CT molecular complexity index is 793. The molecule has 1 aromatic rings. The lowest BCUT2D eigenvalue weighted by Gasteiger charge is -2.36. The number of nitrogens with two attached hydrogens (primary N) is 1. The summed E-state index contributed by atoms with van der Waals surface area (Å²) >= 11 is 0. The molecule has 1 aromatic carbocycles. The zero-order valence-corrected chi connectivity index (χ0v) is 15.6. The van der Waals surface area contributed by atoms with Crippen LogP contribution < -0.4 is 11.1 Å². The number of rotatable bonds is 3. The van der Waals surface area contributed by atoms with Gasteiger partial charge in [0.15, 0.2) is 0 Å². The highest BCUT2D eigenvalue weighted by molar-refractivity contribution is 6.05. The molecule has 0 bridgehead atoms. The molecule has 3 N–H and O–H groups in total. The summed E-state index contributed by atoms with van der Waals surface area (Å²) in [4.78, 5) is 40.8. The number of imide groups is 1. The highest BCUT2D eigenvalue weighted by Gasteiger charge is 2.40. The maximum Gasteiger partial charge on any atom is 0.255 e. The van der Waals surface area contributed by atoms with Gasteiger partial charge in [0.25, 0.3) is 5.91 Å². The Morgan fingerprint density at radius 1 is 1.22 bits per heavy atom. The number of fused-ring (bicyclic) bond motifs is 1. The van der Waals surface area contributed by atoms with Crippen LogP contribution in [0.15, 0.2) is 18.2 Å². The molecule has 3 heterocycles. The molecule has 2 saturated heterocycles. The third-order valence-corrected chi connectivity index (χ3v) is 6.07. The van der Waals surface area contributed by atoms with E-state index >= 15 is 0 Å². The molecule has 3 aliphatic rings. The molecular formula is C20H26N4O3. The minimum absolute atomic E-state index is 0.100. The van der Waals surface area contributed by atoms with Crippen LogP contribution in [0.4, 0.5) is 0 Å². The van der Waals surface area contributed by atoms with Gasteiger partial charge in [0.1, 0.15) is 6.04 Å². The van der Waals surface area contributed by atoms with Crippen molar-refractivity contribution in [3.8, 4) is 0 Å². The fraction of sp³-hybridized carbons (Fsp3) is 0.550. The first-order chi connectivity index (χ1) is 12.9. The summed E-state index contributed by atoms with van der Waals surface area (Å²) in [5, 5.41) is 2.35. The first kappa shape index (κ1) is 18.1. The van der Waals surface area contributed by atoms with Crippen LogP contribution in [-0.4, -0.2) is 52.2 Å². The largest absolute Gasteiger partial charge is 0.328 e. The van der Waals surface area contributed by atoms with Crippen molar-refractivity contribution in [2.24, 2.45) is 5.73 Å². The summed E-state index contributed by atoms with van der Waals surface area (Å²) in [5.41, 5.74) is 8.76. The number of piperidine rings is 2. The van der Waals surface area contributed by atoms with Gasteiger partial charge in [0, 0.05) is 43.7 Å². The van der Waals surface area contributed by atoms with Crippen molar-refractivity contribution in [1.29, 1.82) is 0 Å². The number of carbonyl (C=O) groups excluding carboxylic acids is 3. The molecular weight excluding hydrogens is 344 g/mol. The van der Waals surface area contributed by atoms with E-state index in [9.17, 15) is 14.4 Å². The molecule has 3 unspecified atom stereocenters. The minimum atomic E-state index is -0.567. The summed E-state index contributed by atoms with van der Waals surface area (Å²) in [5.74, 6) is -0.734. The van der Waals surface area contributed by atoms with Crippen LogP contribution in [0.3, 0.4) is 0 Å². The van der Waals surface area contributed by atoms with Gasteiger partial charge in [0.2, 0.25) is 11.8 Å². The number of nitrogens with zero attached hydrogens (tertiary/aromatic N) is 2. The third-order valence-electron chi connectivity index (χ3n) is 6.07. The fourth-order valence-electron chi connectivity index (χ4n) is 4.53. The zero-order chi connectivity index (χ0) is 19.1. The van der Waals surface area contributed by atoms with Gasteiger partial charge in [-0.25, -0.2) is 0 Å². The van der Waals surface area contributed by atoms with Crippen LogP contribution >= 0.6 is 0 Å². The summed E-state index contributed by atoms with van der Waals surface area (Å²) in [6.45, 7) is 4.25. The minimum Gasteiger partial charge on any atom is -0.328 e. The summed E-state index contributed by atoms with van der Waals surface area (Å²) < 4.78 is 0. The highest BCUT2D eigenvalue weighted by Crippen LogP contribution is 2.31. The molecule has 2 fully saturated rings. The number of benzene rings is 1. The second-order valence-electron chi connectivity index (χ2n) is 7.96. The quantitative estimate of drug-likeness (QED) is 0.766. The van der Waals surface area contributed by atoms with Crippen molar-refractivity contribution in [2.45, 2.75) is 63.8 Å². The number of hydrogen-bond acceptors (Lipinski definition) is 5. The Labute approximate surface area is 158 Å². The number of carbonyl (C=O) groups is 3. The molecule has 0 aliphatic carbocycles. The second-order valence-corrected chi connectivity index (χ2v) is 7.96. The molecule has 3 atom stereocenters. The molecule has 0 saturated carbocycles. The highest BCUT2D eigenvalue weighted by atomic mass is 16.2. The molecule has 0 radical (unpaired) electrons. The molecule has 3 amide bonds. The molecule has 27 heavy (non-hydrogen) atoms. The average Bonchev–Trinajstić information content (AvgIpc) is 2.95. The van der Waals surface area contributed by atoms with E-state index < -0.39 is 6.04 Å². The number of hydrogen-bond donors (Lipinski definition) is 2. The summed E-state index contributed by atoms with van der Waals surface area (Å²) in [6.07, 6.45) is 2.59. The second kappa shape index (κ2) is 7.05.